The van der Waals surface area contributed by atoms with E-state index in [0.29, 0.717) is 0 Å². The van der Waals surface area contributed by atoms with E-state index < -0.39 is 16.3 Å². The Hall–Kier alpha value is -1.53. The number of nitrogens with zero attached hydrogens (tertiary/aromatic N) is 1. The Kier molecular flexibility index (Phi) is 4.75. The molecule has 0 amide bonds. The van der Waals surface area contributed by atoms with Crippen LogP contribution in [0.4, 0.5) is 10.1 Å². The highest BCUT2D eigenvalue weighted by atomic mass is 19.1. The summed E-state index contributed by atoms with van der Waals surface area (Å²) >= 11 is 0. The Labute approximate surface area is 105 Å². The first-order valence-electron chi connectivity index (χ1n) is 5.65. The molecule has 0 aliphatic heterocycles. The van der Waals surface area contributed by atoms with Crippen LogP contribution < -0.4 is 5.73 Å². The average Bonchev–Trinajstić information content (AvgIpc) is 2.28. The fraction of sp³-hybridized carbons (Fsp3) is 0.500. The fourth-order valence-corrected chi connectivity index (χ4v) is 1.34. The van der Waals surface area contributed by atoms with Crippen molar-refractivity contribution in [1.82, 2.24) is 0 Å². The summed E-state index contributed by atoms with van der Waals surface area (Å²) in [6.07, 6.45) is 0.720. The second kappa shape index (κ2) is 5.88. The highest BCUT2D eigenvalue weighted by Gasteiger charge is 2.18. The SMILES string of the molecule is CCC(C)(N)COCc1cc(F)ccc1[N+](=O)[O-]. The van der Waals surface area contributed by atoms with Crippen molar-refractivity contribution in [3.63, 3.8) is 0 Å². The van der Waals surface area contributed by atoms with Gasteiger partial charge in [-0.3, -0.25) is 10.1 Å². The zero-order chi connectivity index (χ0) is 13.8. The second-order valence-corrected chi connectivity index (χ2v) is 4.53. The van der Waals surface area contributed by atoms with E-state index in [2.05, 4.69) is 0 Å². The number of nitro benzene ring substituents is 1. The number of halogens is 1. The summed E-state index contributed by atoms with van der Waals surface area (Å²) in [4.78, 5) is 10.2. The molecule has 0 aliphatic carbocycles. The molecule has 1 aromatic rings. The minimum Gasteiger partial charge on any atom is -0.375 e. The Morgan fingerprint density at radius 3 is 2.78 bits per heavy atom. The highest BCUT2D eigenvalue weighted by Crippen LogP contribution is 2.20. The standard InChI is InChI=1S/C12H17FN2O3/c1-3-12(2,14)8-18-7-9-6-10(13)4-5-11(9)15(16)17/h4-6H,3,7-8,14H2,1-2H3. The molecule has 18 heavy (non-hydrogen) atoms. The van der Waals surface area contributed by atoms with Crippen molar-refractivity contribution >= 4 is 5.69 Å². The van der Waals surface area contributed by atoms with Gasteiger partial charge in [-0.05, 0) is 25.5 Å². The van der Waals surface area contributed by atoms with Crippen LogP contribution in [0.3, 0.4) is 0 Å². The fourth-order valence-electron chi connectivity index (χ4n) is 1.34. The third kappa shape index (κ3) is 4.05. The number of hydrogen-bond donors (Lipinski definition) is 1. The number of nitrogens with two attached hydrogens (primary N) is 1. The van der Waals surface area contributed by atoms with Crippen molar-refractivity contribution in [2.24, 2.45) is 5.73 Å². The van der Waals surface area contributed by atoms with Gasteiger partial charge in [0, 0.05) is 11.6 Å². The quantitative estimate of drug-likeness (QED) is 0.626. The van der Waals surface area contributed by atoms with E-state index in [4.69, 9.17) is 10.5 Å². The van der Waals surface area contributed by atoms with Gasteiger partial charge in [0.05, 0.1) is 23.7 Å². The molecule has 0 fully saturated rings. The van der Waals surface area contributed by atoms with Gasteiger partial charge in [-0.1, -0.05) is 6.92 Å². The molecule has 0 saturated carbocycles. The summed E-state index contributed by atoms with van der Waals surface area (Å²) in [6.45, 7) is 3.99. The maximum atomic E-state index is 13.0. The first-order chi connectivity index (χ1) is 8.35. The maximum Gasteiger partial charge on any atom is 0.275 e. The highest BCUT2D eigenvalue weighted by molar-refractivity contribution is 5.39. The van der Waals surface area contributed by atoms with Crippen molar-refractivity contribution in [3.05, 3.63) is 39.7 Å². The van der Waals surface area contributed by atoms with Crippen LogP contribution in [0.15, 0.2) is 18.2 Å². The third-order valence-electron chi connectivity index (χ3n) is 2.74. The van der Waals surface area contributed by atoms with Gasteiger partial charge in [0.25, 0.3) is 5.69 Å². The molecule has 1 unspecified atom stereocenters. The number of hydrogen-bond acceptors (Lipinski definition) is 4. The molecule has 0 radical (unpaired) electrons. The van der Waals surface area contributed by atoms with Gasteiger partial charge in [-0.2, -0.15) is 0 Å². The van der Waals surface area contributed by atoms with E-state index in [1.54, 1.807) is 0 Å². The first kappa shape index (κ1) is 14.5. The van der Waals surface area contributed by atoms with Gasteiger partial charge in [-0.25, -0.2) is 4.39 Å². The zero-order valence-corrected chi connectivity index (χ0v) is 10.5. The minimum atomic E-state index is -0.556. The molecule has 6 heteroatoms. The summed E-state index contributed by atoms with van der Waals surface area (Å²) in [5.74, 6) is -0.523. The van der Waals surface area contributed by atoms with Crippen LogP contribution >= 0.6 is 0 Å². The predicted octanol–water partition coefficient (Wildman–Crippen LogP) is 2.38. The molecule has 1 atom stereocenters. The van der Waals surface area contributed by atoms with Crippen molar-refractivity contribution in [1.29, 1.82) is 0 Å². The van der Waals surface area contributed by atoms with Crippen LogP contribution in [0.5, 0.6) is 0 Å². The molecule has 5 nitrogen and oxygen atoms in total. The Morgan fingerprint density at radius 2 is 2.22 bits per heavy atom. The van der Waals surface area contributed by atoms with Crippen LogP contribution in [-0.2, 0) is 11.3 Å². The summed E-state index contributed by atoms with van der Waals surface area (Å²) < 4.78 is 18.4. The largest absolute Gasteiger partial charge is 0.375 e. The van der Waals surface area contributed by atoms with Gasteiger partial charge < -0.3 is 10.5 Å². The second-order valence-electron chi connectivity index (χ2n) is 4.53. The molecule has 100 valence electrons. The third-order valence-corrected chi connectivity index (χ3v) is 2.74. The Bertz CT molecular complexity index is 435. The lowest BCUT2D eigenvalue weighted by Crippen LogP contribution is -2.40. The topological polar surface area (TPSA) is 78.4 Å². The average molecular weight is 256 g/mol. The van der Waals surface area contributed by atoms with Crippen molar-refractivity contribution in [2.45, 2.75) is 32.4 Å². The lowest BCUT2D eigenvalue weighted by atomic mass is 10.0. The maximum absolute atomic E-state index is 13.0. The number of benzene rings is 1. The Morgan fingerprint density at radius 1 is 1.56 bits per heavy atom. The van der Waals surface area contributed by atoms with E-state index in [-0.39, 0.29) is 24.5 Å². The van der Waals surface area contributed by atoms with Crippen LogP contribution in [0, 0.1) is 15.9 Å². The van der Waals surface area contributed by atoms with Crippen molar-refractivity contribution in [3.8, 4) is 0 Å². The monoisotopic (exact) mass is 256 g/mol. The van der Waals surface area contributed by atoms with E-state index >= 15 is 0 Å². The van der Waals surface area contributed by atoms with Gasteiger partial charge in [0.1, 0.15) is 5.82 Å². The van der Waals surface area contributed by atoms with Gasteiger partial charge in [0.2, 0.25) is 0 Å². The molecule has 1 aromatic carbocycles. The molecule has 0 saturated heterocycles. The lowest BCUT2D eigenvalue weighted by Gasteiger charge is -2.22. The number of ether oxygens (including phenoxy) is 1. The molecular formula is C12H17FN2O3. The molecule has 0 heterocycles. The van der Waals surface area contributed by atoms with E-state index in [9.17, 15) is 14.5 Å². The summed E-state index contributed by atoms with van der Waals surface area (Å²) in [5.41, 5.74) is 5.46. The van der Waals surface area contributed by atoms with Crippen LogP contribution in [-0.4, -0.2) is 17.1 Å². The van der Waals surface area contributed by atoms with E-state index in [0.717, 1.165) is 24.6 Å². The molecule has 0 bridgehead atoms. The molecule has 0 aliphatic rings. The van der Waals surface area contributed by atoms with E-state index in [1.807, 2.05) is 13.8 Å². The number of nitro groups is 1. The molecule has 0 aromatic heterocycles. The molecule has 1 rings (SSSR count). The van der Waals surface area contributed by atoms with Crippen LogP contribution in [0.25, 0.3) is 0 Å². The van der Waals surface area contributed by atoms with E-state index in [1.165, 1.54) is 0 Å². The lowest BCUT2D eigenvalue weighted by molar-refractivity contribution is -0.386. The zero-order valence-electron chi connectivity index (χ0n) is 10.5. The van der Waals surface area contributed by atoms with Crippen LogP contribution in [0.2, 0.25) is 0 Å². The van der Waals surface area contributed by atoms with Gasteiger partial charge >= 0.3 is 0 Å². The number of rotatable bonds is 6. The summed E-state index contributed by atoms with van der Waals surface area (Å²) in [7, 11) is 0. The van der Waals surface area contributed by atoms with Crippen LogP contribution in [0.1, 0.15) is 25.8 Å². The Balaban J connectivity index is 2.72. The first-order valence-corrected chi connectivity index (χ1v) is 5.65. The van der Waals surface area contributed by atoms with Gasteiger partial charge in [0.15, 0.2) is 0 Å². The summed E-state index contributed by atoms with van der Waals surface area (Å²) in [5, 5.41) is 10.8. The molecule has 2 N–H and O–H groups in total. The van der Waals surface area contributed by atoms with Gasteiger partial charge in [-0.15, -0.1) is 0 Å². The molecule has 0 spiro atoms. The normalized spacial score (nSPS) is 14.2. The minimum absolute atomic E-state index is 0.0269. The predicted molar refractivity (Wildman–Crippen MR) is 65.6 cm³/mol. The van der Waals surface area contributed by atoms with Crippen molar-refractivity contribution < 1.29 is 14.1 Å². The smallest absolute Gasteiger partial charge is 0.275 e. The van der Waals surface area contributed by atoms with Crippen molar-refractivity contribution in [2.75, 3.05) is 6.61 Å². The summed E-state index contributed by atoms with van der Waals surface area (Å²) in [6, 6.07) is 3.30. The molecular weight excluding hydrogens is 239 g/mol.